The van der Waals surface area contributed by atoms with E-state index < -0.39 is 13.2 Å². The van der Waals surface area contributed by atoms with Crippen LogP contribution in [-0.4, -0.2) is 32.0 Å². The SMILES string of the molecule is CN(C)P1(=O)OCC(c2ccccc2)(c2ccccc2)CO1. The Kier molecular flexibility index (Phi) is 4.20. The molecule has 116 valence electrons. The van der Waals surface area contributed by atoms with E-state index in [1.54, 1.807) is 14.1 Å². The highest BCUT2D eigenvalue weighted by Gasteiger charge is 2.45. The maximum absolute atomic E-state index is 12.6. The standard InChI is InChI=1S/C17H20NO3P/c1-18(2)22(19)20-13-17(14-21-22,15-9-5-3-6-10-15)16-11-7-4-8-12-16/h3-12H,13-14H2,1-2H3. The quantitative estimate of drug-likeness (QED) is 0.809. The first-order valence-electron chi connectivity index (χ1n) is 7.25. The Morgan fingerprint density at radius 2 is 1.27 bits per heavy atom. The lowest BCUT2D eigenvalue weighted by Crippen LogP contribution is -2.42. The topological polar surface area (TPSA) is 38.8 Å². The van der Waals surface area contributed by atoms with Crippen LogP contribution in [0.15, 0.2) is 60.7 Å². The molecule has 0 aromatic heterocycles. The summed E-state index contributed by atoms with van der Waals surface area (Å²) in [7, 11) is 0.241. The first-order chi connectivity index (χ1) is 10.6. The Hall–Kier alpha value is -1.45. The van der Waals surface area contributed by atoms with Crippen LogP contribution >= 0.6 is 7.75 Å². The van der Waals surface area contributed by atoms with E-state index in [1.165, 1.54) is 4.67 Å². The van der Waals surface area contributed by atoms with E-state index in [-0.39, 0.29) is 0 Å². The molecule has 1 saturated heterocycles. The van der Waals surface area contributed by atoms with Gasteiger partial charge in [0, 0.05) is 0 Å². The Balaban J connectivity index is 2.03. The van der Waals surface area contributed by atoms with Gasteiger partial charge in [-0.15, -0.1) is 0 Å². The number of rotatable bonds is 3. The average Bonchev–Trinajstić information content (AvgIpc) is 2.57. The number of hydrogen-bond donors (Lipinski definition) is 0. The van der Waals surface area contributed by atoms with Gasteiger partial charge in [0.1, 0.15) is 0 Å². The van der Waals surface area contributed by atoms with Crippen molar-refractivity contribution in [3.8, 4) is 0 Å². The summed E-state index contributed by atoms with van der Waals surface area (Å²) in [5.41, 5.74) is 1.77. The van der Waals surface area contributed by atoms with Crippen molar-refractivity contribution in [2.75, 3.05) is 27.3 Å². The molecule has 1 fully saturated rings. The van der Waals surface area contributed by atoms with Gasteiger partial charge >= 0.3 is 7.75 Å². The highest BCUT2D eigenvalue weighted by molar-refractivity contribution is 7.51. The zero-order chi connectivity index (χ0) is 15.6. The van der Waals surface area contributed by atoms with E-state index in [0.717, 1.165) is 11.1 Å². The van der Waals surface area contributed by atoms with Crippen LogP contribution in [0.4, 0.5) is 0 Å². The third-order valence-electron chi connectivity index (χ3n) is 4.09. The van der Waals surface area contributed by atoms with Gasteiger partial charge in [-0.05, 0) is 25.2 Å². The van der Waals surface area contributed by atoms with Gasteiger partial charge in [-0.3, -0.25) is 9.05 Å². The fraction of sp³-hybridized carbons (Fsp3) is 0.294. The van der Waals surface area contributed by atoms with Gasteiger partial charge in [0.05, 0.1) is 18.6 Å². The van der Waals surface area contributed by atoms with Gasteiger partial charge in [-0.25, -0.2) is 9.24 Å². The minimum atomic E-state index is -3.17. The zero-order valence-electron chi connectivity index (χ0n) is 12.8. The van der Waals surface area contributed by atoms with Gasteiger partial charge in [-0.2, -0.15) is 0 Å². The van der Waals surface area contributed by atoms with Crippen LogP contribution in [0.5, 0.6) is 0 Å². The van der Waals surface area contributed by atoms with Gasteiger partial charge in [0.25, 0.3) is 0 Å². The Bertz CT molecular complexity index is 619. The molecule has 22 heavy (non-hydrogen) atoms. The predicted octanol–water partition coefficient (Wildman–Crippen LogP) is 3.69. The first-order valence-corrected chi connectivity index (χ1v) is 8.74. The van der Waals surface area contributed by atoms with E-state index in [1.807, 2.05) is 36.4 Å². The van der Waals surface area contributed by atoms with Crippen LogP contribution in [0.25, 0.3) is 0 Å². The van der Waals surface area contributed by atoms with Crippen molar-refractivity contribution in [3.05, 3.63) is 71.8 Å². The van der Waals surface area contributed by atoms with Crippen LogP contribution in [0.3, 0.4) is 0 Å². The van der Waals surface area contributed by atoms with Gasteiger partial charge in [-0.1, -0.05) is 60.7 Å². The van der Waals surface area contributed by atoms with Crippen molar-refractivity contribution in [2.24, 2.45) is 0 Å². The van der Waals surface area contributed by atoms with Crippen LogP contribution in [0.1, 0.15) is 11.1 Å². The fourth-order valence-corrected chi connectivity index (χ4v) is 4.01. The molecule has 0 unspecified atom stereocenters. The summed E-state index contributed by atoms with van der Waals surface area (Å²) >= 11 is 0. The van der Waals surface area contributed by atoms with Crippen LogP contribution in [0.2, 0.25) is 0 Å². The maximum atomic E-state index is 12.6. The molecule has 3 rings (SSSR count). The molecule has 0 spiro atoms. The second kappa shape index (κ2) is 5.98. The Labute approximate surface area is 131 Å². The number of nitrogens with zero attached hydrogens (tertiary/aromatic N) is 1. The molecule has 0 aliphatic carbocycles. The minimum absolute atomic E-state index is 0.330. The van der Waals surface area contributed by atoms with E-state index in [2.05, 4.69) is 24.3 Å². The van der Waals surface area contributed by atoms with Crippen LogP contribution in [0, 0.1) is 0 Å². The molecule has 4 nitrogen and oxygen atoms in total. The van der Waals surface area contributed by atoms with Gasteiger partial charge in [0.15, 0.2) is 0 Å². The molecule has 0 amide bonds. The largest absolute Gasteiger partial charge is 0.407 e. The molecular formula is C17H20NO3P. The Morgan fingerprint density at radius 1 is 0.864 bits per heavy atom. The summed E-state index contributed by atoms with van der Waals surface area (Å²) in [6.45, 7) is 0.660. The van der Waals surface area contributed by atoms with Crippen molar-refractivity contribution < 1.29 is 13.6 Å². The fourth-order valence-electron chi connectivity index (χ4n) is 2.71. The van der Waals surface area contributed by atoms with E-state index in [0.29, 0.717) is 13.2 Å². The molecule has 2 aromatic carbocycles. The molecule has 5 heteroatoms. The second-order valence-electron chi connectivity index (χ2n) is 5.68. The van der Waals surface area contributed by atoms with Gasteiger partial charge in [0.2, 0.25) is 0 Å². The van der Waals surface area contributed by atoms with Crippen molar-refractivity contribution in [1.82, 2.24) is 4.67 Å². The van der Waals surface area contributed by atoms with Crippen molar-refractivity contribution >= 4 is 7.75 Å². The molecule has 0 radical (unpaired) electrons. The Morgan fingerprint density at radius 3 is 1.64 bits per heavy atom. The van der Waals surface area contributed by atoms with Crippen molar-refractivity contribution in [1.29, 1.82) is 0 Å². The van der Waals surface area contributed by atoms with Crippen LogP contribution < -0.4 is 0 Å². The third-order valence-corrected chi connectivity index (χ3v) is 5.98. The summed E-state index contributed by atoms with van der Waals surface area (Å²) in [5.74, 6) is 0. The molecular weight excluding hydrogens is 297 g/mol. The predicted molar refractivity (Wildman–Crippen MR) is 86.9 cm³/mol. The third kappa shape index (κ3) is 2.64. The molecule has 0 atom stereocenters. The van der Waals surface area contributed by atoms with Gasteiger partial charge < -0.3 is 0 Å². The molecule has 1 aliphatic rings. The lowest BCUT2D eigenvalue weighted by Gasteiger charge is -2.41. The molecule has 1 aliphatic heterocycles. The molecule has 0 saturated carbocycles. The highest BCUT2D eigenvalue weighted by Crippen LogP contribution is 2.56. The van der Waals surface area contributed by atoms with E-state index >= 15 is 0 Å². The lowest BCUT2D eigenvalue weighted by molar-refractivity contribution is 0.0679. The van der Waals surface area contributed by atoms with Crippen molar-refractivity contribution in [3.63, 3.8) is 0 Å². The summed E-state index contributed by atoms with van der Waals surface area (Å²) in [6.07, 6.45) is 0. The summed E-state index contributed by atoms with van der Waals surface area (Å²) in [6, 6.07) is 20.2. The summed E-state index contributed by atoms with van der Waals surface area (Å²) in [4.78, 5) is 0. The molecule has 0 N–H and O–H groups in total. The van der Waals surface area contributed by atoms with Crippen molar-refractivity contribution in [2.45, 2.75) is 5.41 Å². The van der Waals surface area contributed by atoms with Crippen LogP contribution in [-0.2, 0) is 19.0 Å². The molecule has 0 bridgehead atoms. The summed E-state index contributed by atoms with van der Waals surface area (Å²) in [5, 5.41) is 0. The smallest absolute Gasteiger partial charge is 0.295 e. The second-order valence-corrected chi connectivity index (χ2v) is 7.93. The lowest BCUT2D eigenvalue weighted by atomic mass is 9.76. The normalized spacial score (nSPS) is 20.0. The number of benzene rings is 2. The highest BCUT2D eigenvalue weighted by atomic mass is 31.2. The van der Waals surface area contributed by atoms with E-state index in [4.69, 9.17) is 9.05 Å². The monoisotopic (exact) mass is 317 g/mol. The summed E-state index contributed by atoms with van der Waals surface area (Å²) < 4.78 is 25.5. The molecule has 2 aromatic rings. The zero-order valence-corrected chi connectivity index (χ0v) is 13.7. The minimum Gasteiger partial charge on any atom is -0.295 e. The average molecular weight is 317 g/mol. The maximum Gasteiger partial charge on any atom is 0.407 e. The first kappa shape index (κ1) is 15.4. The number of hydrogen-bond acceptors (Lipinski definition) is 3. The molecule has 1 heterocycles. The van der Waals surface area contributed by atoms with E-state index in [9.17, 15) is 4.57 Å².